The van der Waals surface area contributed by atoms with E-state index >= 15 is 0 Å². The first-order valence-corrected chi connectivity index (χ1v) is 12.3. The summed E-state index contributed by atoms with van der Waals surface area (Å²) in [4.78, 5) is 42.8. The number of nitriles is 1. The Kier molecular flexibility index (Phi) is 6.50. The van der Waals surface area contributed by atoms with Crippen molar-refractivity contribution in [3.63, 3.8) is 0 Å². The van der Waals surface area contributed by atoms with Crippen molar-refractivity contribution in [3.05, 3.63) is 73.0 Å². The molecular weight excluding hydrogens is 468 g/mol. The van der Waals surface area contributed by atoms with Gasteiger partial charge in [-0.25, -0.2) is 15.0 Å². The molecule has 4 aromatic rings. The van der Waals surface area contributed by atoms with Gasteiger partial charge in [-0.15, -0.1) is 11.3 Å². The molecule has 0 saturated heterocycles. The van der Waals surface area contributed by atoms with E-state index in [1.165, 1.54) is 23.1 Å². The zero-order valence-electron chi connectivity index (χ0n) is 19.4. The Bertz CT molecular complexity index is 1550. The average Bonchev–Trinajstić information content (AvgIpc) is 3.10. The summed E-state index contributed by atoms with van der Waals surface area (Å²) in [6, 6.07) is 7.95. The van der Waals surface area contributed by atoms with Crippen molar-refractivity contribution in [1.82, 2.24) is 19.9 Å². The van der Waals surface area contributed by atoms with Gasteiger partial charge in [-0.3, -0.25) is 9.59 Å². The Balaban J connectivity index is 1.63. The van der Waals surface area contributed by atoms with Crippen LogP contribution in [-0.2, 0) is 5.75 Å². The number of nitrogens with zero attached hydrogens (tertiary/aromatic N) is 4. The first-order valence-electron chi connectivity index (χ1n) is 10.5. The van der Waals surface area contributed by atoms with E-state index in [9.17, 15) is 14.9 Å². The summed E-state index contributed by atoms with van der Waals surface area (Å²) >= 11 is 2.50. The fourth-order valence-electron chi connectivity index (χ4n) is 3.66. The fourth-order valence-corrected chi connectivity index (χ4v) is 5.70. The van der Waals surface area contributed by atoms with Crippen molar-refractivity contribution in [1.29, 1.82) is 5.26 Å². The normalized spacial score (nSPS) is 10.9. The second-order valence-electron chi connectivity index (χ2n) is 7.96. The molecule has 0 aliphatic carbocycles. The Morgan fingerprint density at radius 2 is 1.94 bits per heavy atom. The van der Waals surface area contributed by atoms with Gasteiger partial charge in [0.05, 0.1) is 21.7 Å². The lowest BCUT2D eigenvalue weighted by Gasteiger charge is -2.08. The third-order valence-corrected chi connectivity index (χ3v) is 7.48. The molecule has 10 heteroatoms. The summed E-state index contributed by atoms with van der Waals surface area (Å²) < 4.78 is 0. The standard InChI is InChI=1S/C24H22N6O2S2/c1-11-6-7-17(12(2)8-11)28-22(32)20-13(3)19-21(31)29-18(30-24(19)34-20)10-33-23-16(9-25)14(4)26-15(5)27-23/h6-8H,10H2,1-5H3,(H,28,32)(H,29,30,31). The number of amides is 1. The minimum Gasteiger partial charge on any atom is -0.321 e. The number of hydrogen-bond donors (Lipinski definition) is 2. The Labute approximate surface area is 204 Å². The van der Waals surface area contributed by atoms with E-state index < -0.39 is 0 Å². The van der Waals surface area contributed by atoms with Crippen LogP contribution in [0.2, 0.25) is 0 Å². The van der Waals surface area contributed by atoms with Crippen LogP contribution in [0.15, 0.2) is 28.0 Å². The van der Waals surface area contributed by atoms with E-state index in [1.807, 2.05) is 32.0 Å². The van der Waals surface area contributed by atoms with Crippen molar-refractivity contribution >= 4 is 44.9 Å². The van der Waals surface area contributed by atoms with Gasteiger partial charge in [-0.05, 0) is 51.8 Å². The third-order valence-electron chi connectivity index (χ3n) is 5.31. The maximum atomic E-state index is 13.0. The lowest BCUT2D eigenvalue weighted by molar-refractivity contribution is 0.103. The molecule has 3 aromatic heterocycles. The molecule has 0 aliphatic rings. The summed E-state index contributed by atoms with van der Waals surface area (Å²) in [6.07, 6.45) is 0. The molecule has 3 heterocycles. The monoisotopic (exact) mass is 490 g/mol. The van der Waals surface area contributed by atoms with Crippen LogP contribution in [0.3, 0.4) is 0 Å². The molecule has 0 radical (unpaired) electrons. The highest BCUT2D eigenvalue weighted by molar-refractivity contribution is 7.98. The van der Waals surface area contributed by atoms with E-state index in [4.69, 9.17) is 0 Å². The van der Waals surface area contributed by atoms with E-state index in [1.54, 1.807) is 20.8 Å². The van der Waals surface area contributed by atoms with Gasteiger partial charge in [0.1, 0.15) is 33.1 Å². The summed E-state index contributed by atoms with van der Waals surface area (Å²) in [5, 5.41) is 13.3. The number of thiophene rings is 1. The van der Waals surface area contributed by atoms with Gasteiger partial charge >= 0.3 is 0 Å². The van der Waals surface area contributed by atoms with E-state index in [0.717, 1.165) is 16.8 Å². The number of aromatic amines is 1. The molecule has 4 rings (SSSR count). The number of anilines is 1. The zero-order chi connectivity index (χ0) is 24.6. The largest absolute Gasteiger partial charge is 0.321 e. The number of aryl methyl sites for hydroxylation is 5. The summed E-state index contributed by atoms with van der Waals surface area (Å²) in [6.45, 7) is 9.23. The molecule has 1 amide bonds. The quantitative estimate of drug-likeness (QED) is 0.306. The van der Waals surface area contributed by atoms with Gasteiger partial charge in [-0.2, -0.15) is 5.26 Å². The van der Waals surface area contributed by atoms with Gasteiger partial charge < -0.3 is 10.3 Å². The molecule has 0 saturated carbocycles. The van der Waals surface area contributed by atoms with Crippen LogP contribution in [0.4, 0.5) is 5.69 Å². The van der Waals surface area contributed by atoms with Crippen LogP contribution in [0.25, 0.3) is 10.2 Å². The molecule has 0 unspecified atom stereocenters. The highest BCUT2D eigenvalue weighted by atomic mass is 32.2. The molecule has 0 atom stereocenters. The molecule has 172 valence electrons. The summed E-state index contributed by atoms with van der Waals surface area (Å²) in [5.41, 5.74) is 4.15. The van der Waals surface area contributed by atoms with Crippen molar-refractivity contribution in [2.45, 2.75) is 45.4 Å². The maximum absolute atomic E-state index is 13.0. The zero-order valence-corrected chi connectivity index (χ0v) is 21.0. The lowest BCUT2D eigenvalue weighted by Crippen LogP contribution is -2.13. The van der Waals surface area contributed by atoms with Crippen LogP contribution in [-0.4, -0.2) is 25.8 Å². The Hall–Kier alpha value is -3.55. The summed E-state index contributed by atoms with van der Waals surface area (Å²) in [5.74, 6) is 1.07. The van der Waals surface area contributed by atoms with Crippen molar-refractivity contribution in [3.8, 4) is 6.07 Å². The van der Waals surface area contributed by atoms with Crippen LogP contribution in [0.5, 0.6) is 0 Å². The van der Waals surface area contributed by atoms with Crippen LogP contribution in [0.1, 0.15) is 49.3 Å². The van der Waals surface area contributed by atoms with E-state index in [-0.39, 0.29) is 11.5 Å². The second kappa shape index (κ2) is 9.37. The van der Waals surface area contributed by atoms with Crippen molar-refractivity contribution < 1.29 is 4.79 Å². The van der Waals surface area contributed by atoms with Gasteiger partial charge in [0.15, 0.2) is 0 Å². The Morgan fingerprint density at radius 3 is 2.65 bits per heavy atom. The molecule has 8 nitrogen and oxygen atoms in total. The molecule has 0 aliphatic heterocycles. The van der Waals surface area contributed by atoms with Gasteiger partial charge in [-0.1, -0.05) is 29.5 Å². The van der Waals surface area contributed by atoms with Crippen LogP contribution >= 0.6 is 23.1 Å². The molecule has 2 N–H and O–H groups in total. The van der Waals surface area contributed by atoms with Crippen LogP contribution < -0.4 is 10.9 Å². The predicted molar refractivity (Wildman–Crippen MR) is 135 cm³/mol. The SMILES string of the molecule is Cc1ccc(NC(=O)c2sc3nc(CSc4nc(C)nc(C)c4C#N)[nH]c(=O)c3c2C)c(C)c1. The number of rotatable bonds is 5. The number of benzene rings is 1. The second-order valence-corrected chi connectivity index (χ2v) is 9.92. The molecule has 0 spiro atoms. The number of fused-ring (bicyclic) bond motifs is 1. The first-order chi connectivity index (χ1) is 16.2. The Morgan fingerprint density at radius 1 is 1.18 bits per heavy atom. The van der Waals surface area contributed by atoms with Crippen LogP contribution in [0, 0.1) is 45.9 Å². The number of thioether (sulfide) groups is 1. The summed E-state index contributed by atoms with van der Waals surface area (Å²) in [7, 11) is 0. The highest BCUT2D eigenvalue weighted by Crippen LogP contribution is 2.30. The molecule has 34 heavy (non-hydrogen) atoms. The topological polar surface area (TPSA) is 124 Å². The lowest BCUT2D eigenvalue weighted by atomic mass is 10.1. The third kappa shape index (κ3) is 4.58. The fraction of sp³-hybridized carbons (Fsp3) is 0.250. The van der Waals surface area contributed by atoms with Crippen molar-refractivity contribution in [2.75, 3.05) is 5.32 Å². The molecule has 0 fully saturated rings. The highest BCUT2D eigenvalue weighted by Gasteiger charge is 2.20. The minimum atomic E-state index is -0.296. The number of nitrogens with one attached hydrogen (secondary N) is 2. The molecule has 0 bridgehead atoms. The molecule has 1 aromatic carbocycles. The average molecular weight is 491 g/mol. The van der Waals surface area contributed by atoms with Gasteiger partial charge in [0, 0.05) is 5.69 Å². The number of carbonyl (C=O) groups is 1. The number of aromatic nitrogens is 4. The first kappa shape index (κ1) is 23.6. The van der Waals surface area contributed by atoms with Gasteiger partial charge in [0.2, 0.25) is 0 Å². The number of hydrogen-bond acceptors (Lipinski definition) is 8. The predicted octanol–water partition coefficient (Wildman–Crippen LogP) is 4.73. The minimum absolute atomic E-state index is 0.270. The van der Waals surface area contributed by atoms with E-state index in [0.29, 0.717) is 54.3 Å². The maximum Gasteiger partial charge on any atom is 0.266 e. The van der Waals surface area contributed by atoms with Crippen molar-refractivity contribution in [2.24, 2.45) is 0 Å². The van der Waals surface area contributed by atoms with E-state index in [2.05, 4.69) is 31.3 Å². The smallest absolute Gasteiger partial charge is 0.266 e. The molecular formula is C24H22N6O2S2. The number of H-pyrrole nitrogens is 1. The number of carbonyl (C=O) groups excluding carboxylic acids is 1. The van der Waals surface area contributed by atoms with Gasteiger partial charge in [0.25, 0.3) is 11.5 Å².